The van der Waals surface area contributed by atoms with Crippen LogP contribution in [-0.2, 0) is 17.8 Å². The molecule has 44 heavy (non-hydrogen) atoms. The van der Waals surface area contributed by atoms with Gasteiger partial charge in [-0.05, 0) is 66.4 Å². The van der Waals surface area contributed by atoms with Gasteiger partial charge in [-0.1, -0.05) is 18.2 Å². The Morgan fingerprint density at radius 3 is 2.43 bits per heavy atom. The molecule has 230 valence electrons. The molecule has 0 spiro atoms. The van der Waals surface area contributed by atoms with Crippen molar-refractivity contribution in [2.24, 2.45) is 0 Å². The summed E-state index contributed by atoms with van der Waals surface area (Å²) in [7, 11) is 1.63. The Bertz CT molecular complexity index is 1570. The highest BCUT2D eigenvalue weighted by atomic mass is 32.1. The number of carbonyl (C=O) groups is 1. The van der Waals surface area contributed by atoms with Gasteiger partial charge in [0.05, 0.1) is 47.5 Å². The van der Waals surface area contributed by atoms with Crippen LogP contribution in [0.15, 0.2) is 65.5 Å². The number of carbonyl (C=O) groups excluding carboxylic acids is 1. The van der Waals surface area contributed by atoms with E-state index in [0.717, 1.165) is 92.8 Å². The van der Waals surface area contributed by atoms with E-state index in [-0.39, 0.29) is 5.91 Å². The quantitative estimate of drug-likeness (QED) is 0.191. The fraction of sp³-hybridized carbons (Fsp3) is 0.353. The number of nitrogens with zero attached hydrogens (tertiary/aromatic N) is 3. The fourth-order valence-electron chi connectivity index (χ4n) is 5.61. The normalized spacial score (nSPS) is 15.1. The molecule has 10 heteroatoms. The molecule has 1 fully saturated rings. The molecule has 1 amide bonds. The van der Waals surface area contributed by atoms with E-state index in [1.807, 2.05) is 48.7 Å². The van der Waals surface area contributed by atoms with E-state index in [9.17, 15) is 4.79 Å². The lowest BCUT2D eigenvalue weighted by Crippen LogP contribution is -2.47. The molecule has 0 saturated carbocycles. The van der Waals surface area contributed by atoms with Crippen molar-refractivity contribution in [2.45, 2.75) is 20.0 Å². The van der Waals surface area contributed by atoms with E-state index in [4.69, 9.17) is 14.2 Å². The number of fused-ring (bicyclic) bond motifs is 2. The van der Waals surface area contributed by atoms with Crippen LogP contribution >= 0.6 is 11.3 Å². The molecule has 9 nitrogen and oxygen atoms in total. The highest BCUT2D eigenvalue weighted by molar-refractivity contribution is 7.07. The Kier molecular flexibility index (Phi) is 9.72. The number of amides is 1. The van der Waals surface area contributed by atoms with Gasteiger partial charge < -0.3 is 29.7 Å². The molecule has 1 saturated heterocycles. The molecular formula is C34H39N5O4S. The molecule has 1 aromatic heterocycles. The van der Waals surface area contributed by atoms with Crippen LogP contribution in [0.3, 0.4) is 0 Å². The van der Waals surface area contributed by atoms with E-state index >= 15 is 0 Å². The third-order valence-corrected chi connectivity index (χ3v) is 8.79. The molecule has 3 aromatic carbocycles. The smallest absolute Gasteiger partial charge is 0.257 e. The van der Waals surface area contributed by atoms with Crippen molar-refractivity contribution in [3.8, 4) is 22.6 Å². The van der Waals surface area contributed by atoms with E-state index in [0.29, 0.717) is 23.7 Å². The number of benzene rings is 3. The topological polar surface area (TPSA) is 88.2 Å². The number of aromatic nitrogens is 1. The van der Waals surface area contributed by atoms with Crippen LogP contribution in [0.5, 0.6) is 11.5 Å². The highest BCUT2D eigenvalue weighted by Crippen LogP contribution is 2.37. The lowest BCUT2D eigenvalue weighted by atomic mass is 10.0. The van der Waals surface area contributed by atoms with Gasteiger partial charge >= 0.3 is 0 Å². The van der Waals surface area contributed by atoms with Crippen LogP contribution in [-0.4, -0.2) is 80.3 Å². The number of methoxy groups -OCH3 is 1. The average molecular weight is 614 g/mol. The number of hydrogen-bond acceptors (Lipinski definition) is 9. The predicted octanol–water partition coefficient (Wildman–Crippen LogP) is 5.90. The highest BCUT2D eigenvalue weighted by Gasteiger charge is 2.21. The van der Waals surface area contributed by atoms with Crippen molar-refractivity contribution in [2.75, 3.05) is 70.2 Å². The summed E-state index contributed by atoms with van der Waals surface area (Å²) in [5, 5.41) is 8.60. The first-order valence-corrected chi connectivity index (χ1v) is 16.1. The molecular weight excluding hydrogens is 574 g/mol. The summed E-state index contributed by atoms with van der Waals surface area (Å²) in [6, 6.07) is 18.0. The largest absolute Gasteiger partial charge is 0.493 e. The maximum absolute atomic E-state index is 13.3. The van der Waals surface area contributed by atoms with Gasteiger partial charge in [0.1, 0.15) is 6.61 Å². The summed E-state index contributed by atoms with van der Waals surface area (Å²) in [6.45, 7) is 10.3. The van der Waals surface area contributed by atoms with Crippen LogP contribution in [0.25, 0.3) is 11.1 Å². The molecule has 0 radical (unpaired) electrons. The lowest BCUT2D eigenvalue weighted by molar-refractivity contribution is 0.0813. The standard InChI is InChI=1S/C34H39N5O4S/c1-3-42-17-16-39-14-12-38(13-15-39)11-10-24-4-8-29-31(18-24)37-34(40)28-7-5-25(19-30(28)36-29)26-6-9-32(33(20-26)41-2)43-21-27-22-44-23-35-27/h4-9,18-20,22-23,36H,3,10-17,21H2,1-2H3,(H,37,40). The van der Waals surface area contributed by atoms with Crippen molar-refractivity contribution >= 4 is 34.3 Å². The molecule has 0 bridgehead atoms. The minimum atomic E-state index is -0.124. The zero-order valence-electron chi connectivity index (χ0n) is 25.3. The van der Waals surface area contributed by atoms with E-state index < -0.39 is 0 Å². The molecule has 6 rings (SSSR count). The van der Waals surface area contributed by atoms with Gasteiger partial charge in [-0.3, -0.25) is 9.69 Å². The molecule has 2 aliphatic heterocycles. The minimum absolute atomic E-state index is 0.124. The summed E-state index contributed by atoms with van der Waals surface area (Å²) in [4.78, 5) is 22.5. The van der Waals surface area contributed by atoms with Crippen LogP contribution in [0.2, 0.25) is 0 Å². The summed E-state index contributed by atoms with van der Waals surface area (Å²) in [6.07, 6.45) is 0.935. The Balaban J connectivity index is 1.11. The lowest BCUT2D eigenvalue weighted by Gasteiger charge is -2.34. The number of thiazole rings is 1. The van der Waals surface area contributed by atoms with Crippen LogP contribution in [0.1, 0.15) is 28.5 Å². The number of hydrogen-bond donors (Lipinski definition) is 2. The molecule has 4 aromatic rings. The van der Waals surface area contributed by atoms with Crippen molar-refractivity contribution < 1.29 is 19.0 Å². The van der Waals surface area contributed by atoms with Crippen LogP contribution < -0.4 is 20.1 Å². The van der Waals surface area contributed by atoms with Gasteiger partial charge in [-0.25, -0.2) is 4.98 Å². The summed E-state index contributed by atoms with van der Waals surface area (Å²) < 4.78 is 17.1. The van der Waals surface area contributed by atoms with Gasteiger partial charge in [0.15, 0.2) is 11.5 Å². The zero-order valence-corrected chi connectivity index (χ0v) is 26.1. The Hall–Kier alpha value is -3.96. The second kappa shape index (κ2) is 14.2. The van der Waals surface area contributed by atoms with Crippen molar-refractivity contribution in [1.29, 1.82) is 0 Å². The number of anilines is 3. The Morgan fingerprint density at radius 2 is 1.66 bits per heavy atom. The summed E-state index contributed by atoms with van der Waals surface area (Å²) in [5.74, 6) is 1.17. The van der Waals surface area contributed by atoms with Gasteiger partial charge in [0, 0.05) is 51.3 Å². The second-order valence-corrected chi connectivity index (χ2v) is 11.7. The third kappa shape index (κ3) is 7.22. The summed E-state index contributed by atoms with van der Waals surface area (Å²) >= 11 is 1.54. The predicted molar refractivity (Wildman–Crippen MR) is 176 cm³/mol. The maximum atomic E-state index is 13.3. The minimum Gasteiger partial charge on any atom is -0.493 e. The molecule has 0 unspecified atom stereocenters. The number of ether oxygens (including phenoxy) is 3. The summed E-state index contributed by atoms with van der Waals surface area (Å²) in [5.41, 5.74) is 8.85. The molecule has 0 aliphatic carbocycles. The first-order chi connectivity index (χ1) is 21.6. The van der Waals surface area contributed by atoms with Gasteiger partial charge in [0.25, 0.3) is 5.91 Å². The zero-order chi connectivity index (χ0) is 30.3. The van der Waals surface area contributed by atoms with E-state index in [1.165, 1.54) is 5.56 Å². The number of piperazine rings is 1. The number of rotatable bonds is 12. The molecule has 0 atom stereocenters. The molecule has 3 heterocycles. The Morgan fingerprint density at radius 1 is 0.864 bits per heavy atom. The SMILES string of the molecule is CCOCCN1CCN(CCc2ccc3c(c2)NC(=O)c2ccc(-c4ccc(OCc5cscn5)c(OC)c4)cc2N3)CC1. The van der Waals surface area contributed by atoms with Crippen LogP contribution in [0, 0.1) is 0 Å². The van der Waals surface area contributed by atoms with E-state index in [1.54, 1.807) is 24.0 Å². The Labute approximate surface area is 262 Å². The van der Waals surface area contributed by atoms with Gasteiger partial charge in [-0.15, -0.1) is 11.3 Å². The monoisotopic (exact) mass is 613 g/mol. The van der Waals surface area contributed by atoms with Crippen molar-refractivity contribution in [1.82, 2.24) is 14.8 Å². The fourth-order valence-corrected chi connectivity index (χ4v) is 6.15. The first kappa shape index (κ1) is 30.1. The number of nitrogens with one attached hydrogen (secondary N) is 2. The first-order valence-electron chi connectivity index (χ1n) is 15.2. The third-order valence-electron chi connectivity index (χ3n) is 8.16. The van der Waals surface area contributed by atoms with Crippen molar-refractivity contribution in [3.63, 3.8) is 0 Å². The second-order valence-electron chi connectivity index (χ2n) is 11.0. The average Bonchev–Trinajstić information content (AvgIpc) is 3.53. The van der Waals surface area contributed by atoms with Crippen molar-refractivity contribution in [3.05, 3.63) is 82.3 Å². The van der Waals surface area contributed by atoms with Gasteiger partial charge in [-0.2, -0.15) is 0 Å². The maximum Gasteiger partial charge on any atom is 0.257 e. The molecule has 2 aliphatic rings. The van der Waals surface area contributed by atoms with E-state index in [2.05, 4.69) is 43.6 Å². The molecule has 2 N–H and O–H groups in total. The van der Waals surface area contributed by atoms with Crippen LogP contribution in [0.4, 0.5) is 17.1 Å². The van der Waals surface area contributed by atoms with Gasteiger partial charge in [0.2, 0.25) is 0 Å².